The van der Waals surface area contributed by atoms with Gasteiger partial charge < -0.3 is 5.32 Å². The van der Waals surface area contributed by atoms with E-state index in [1.165, 1.54) is 0 Å². The molecule has 0 amide bonds. The molecule has 82 valence electrons. The molecule has 0 aromatic carbocycles. The fraction of sp³-hybridized carbons (Fsp3) is 0.455. The topological polar surface area (TPSA) is 46.9 Å². The zero-order valence-corrected chi connectivity index (χ0v) is 9.07. The molecule has 0 fully saturated rings. The average molecular weight is 207 g/mol. The van der Waals surface area contributed by atoms with Crippen LogP contribution in [0.1, 0.15) is 23.8 Å². The van der Waals surface area contributed by atoms with Gasteiger partial charge in [0, 0.05) is 19.3 Å². The number of Topliss-reactive ketones (excluding diaryl/α,β-unsaturated/α-hetero) is 1. The minimum atomic E-state index is 0.0720. The molecule has 0 atom stereocenters. The van der Waals surface area contributed by atoms with Crippen LogP contribution in [-0.4, -0.2) is 28.7 Å². The number of carbonyl (C=O) groups is 1. The molecule has 1 aromatic heterocycles. The monoisotopic (exact) mass is 207 g/mol. The zero-order valence-electron chi connectivity index (χ0n) is 9.07. The van der Waals surface area contributed by atoms with Crippen molar-refractivity contribution in [3.05, 3.63) is 30.6 Å². The number of aromatic nitrogens is 2. The lowest BCUT2D eigenvalue weighted by Gasteiger charge is -2.05. The van der Waals surface area contributed by atoms with E-state index >= 15 is 0 Å². The highest BCUT2D eigenvalue weighted by molar-refractivity contribution is 5.96. The van der Waals surface area contributed by atoms with E-state index in [9.17, 15) is 4.79 Å². The van der Waals surface area contributed by atoms with Crippen LogP contribution >= 0.6 is 0 Å². The third-order valence-electron chi connectivity index (χ3n) is 2.01. The van der Waals surface area contributed by atoms with Gasteiger partial charge in [0.15, 0.2) is 5.78 Å². The Morgan fingerprint density at radius 2 is 2.53 bits per heavy atom. The van der Waals surface area contributed by atoms with Crippen molar-refractivity contribution in [3.8, 4) is 0 Å². The van der Waals surface area contributed by atoms with Gasteiger partial charge in [0.25, 0.3) is 0 Å². The van der Waals surface area contributed by atoms with Crippen LogP contribution in [-0.2, 0) is 6.54 Å². The first-order valence-corrected chi connectivity index (χ1v) is 5.16. The number of nitrogens with zero attached hydrogens (tertiary/aromatic N) is 2. The molecule has 0 aliphatic heterocycles. The first-order valence-electron chi connectivity index (χ1n) is 5.16. The Bertz CT molecular complexity index is 330. The van der Waals surface area contributed by atoms with E-state index in [4.69, 9.17) is 0 Å². The van der Waals surface area contributed by atoms with Crippen molar-refractivity contribution in [2.24, 2.45) is 0 Å². The summed E-state index contributed by atoms with van der Waals surface area (Å²) in [6.45, 7) is 7.41. The van der Waals surface area contributed by atoms with Crippen molar-refractivity contribution in [1.82, 2.24) is 15.1 Å². The van der Waals surface area contributed by atoms with Crippen LogP contribution in [0.4, 0.5) is 0 Å². The van der Waals surface area contributed by atoms with Gasteiger partial charge in [-0.2, -0.15) is 5.10 Å². The zero-order chi connectivity index (χ0) is 11.1. The molecule has 1 heterocycles. The van der Waals surface area contributed by atoms with Gasteiger partial charge in [0.2, 0.25) is 0 Å². The van der Waals surface area contributed by atoms with Gasteiger partial charge in [0.05, 0.1) is 6.54 Å². The SMILES string of the molecule is C=CCNCC(=O)c1ccnn1CCC. The van der Waals surface area contributed by atoms with E-state index in [2.05, 4.69) is 23.9 Å². The number of hydrogen-bond acceptors (Lipinski definition) is 3. The highest BCUT2D eigenvalue weighted by Crippen LogP contribution is 2.00. The van der Waals surface area contributed by atoms with Crippen molar-refractivity contribution < 1.29 is 4.79 Å². The number of nitrogens with one attached hydrogen (secondary N) is 1. The van der Waals surface area contributed by atoms with Crippen LogP contribution in [0.25, 0.3) is 0 Å². The third-order valence-corrected chi connectivity index (χ3v) is 2.01. The maximum atomic E-state index is 11.7. The Hall–Kier alpha value is -1.42. The smallest absolute Gasteiger partial charge is 0.194 e. The lowest BCUT2D eigenvalue weighted by atomic mass is 10.2. The Labute approximate surface area is 90.0 Å². The number of hydrogen-bond donors (Lipinski definition) is 1. The number of rotatable bonds is 7. The summed E-state index contributed by atoms with van der Waals surface area (Å²) in [4.78, 5) is 11.7. The van der Waals surface area contributed by atoms with Crippen molar-refractivity contribution in [1.29, 1.82) is 0 Å². The van der Waals surface area contributed by atoms with Gasteiger partial charge in [-0.3, -0.25) is 9.48 Å². The molecule has 0 aliphatic carbocycles. The quantitative estimate of drug-likeness (QED) is 0.416. The minimum absolute atomic E-state index is 0.0720. The second-order valence-electron chi connectivity index (χ2n) is 3.28. The molecule has 1 aromatic rings. The van der Waals surface area contributed by atoms with Crippen molar-refractivity contribution >= 4 is 5.78 Å². The van der Waals surface area contributed by atoms with E-state index in [-0.39, 0.29) is 5.78 Å². The normalized spacial score (nSPS) is 10.2. The predicted molar refractivity (Wildman–Crippen MR) is 59.9 cm³/mol. The number of aryl methyl sites for hydroxylation is 1. The third kappa shape index (κ3) is 3.32. The Morgan fingerprint density at radius 3 is 3.20 bits per heavy atom. The van der Waals surface area contributed by atoms with Crippen molar-refractivity contribution in [2.45, 2.75) is 19.9 Å². The van der Waals surface area contributed by atoms with Gasteiger partial charge in [-0.05, 0) is 12.5 Å². The molecule has 1 rings (SSSR count). The van der Waals surface area contributed by atoms with E-state index in [0.29, 0.717) is 18.8 Å². The van der Waals surface area contributed by atoms with E-state index in [0.717, 1.165) is 13.0 Å². The van der Waals surface area contributed by atoms with Crippen LogP contribution in [0.2, 0.25) is 0 Å². The molecule has 0 saturated heterocycles. The Kier molecular flexibility index (Phi) is 4.77. The van der Waals surface area contributed by atoms with Crippen LogP contribution in [0.15, 0.2) is 24.9 Å². The van der Waals surface area contributed by atoms with Crippen LogP contribution < -0.4 is 5.32 Å². The van der Waals surface area contributed by atoms with E-state index in [1.807, 2.05) is 0 Å². The minimum Gasteiger partial charge on any atom is -0.306 e. The van der Waals surface area contributed by atoms with Gasteiger partial charge >= 0.3 is 0 Å². The van der Waals surface area contributed by atoms with Gasteiger partial charge in [-0.15, -0.1) is 6.58 Å². The summed E-state index contributed by atoms with van der Waals surface area (Å²) in [6, 6.07) is 1.76. The summed E-state index contributed by atoms with van der Waals surface area (Å²) in [5.74, 6) is 0.0720. The number of carbonyl (C=O) groups excluding carboxylic acids is 1. The summed E-state index contributed by atoms with van der Waals surface area (Å²) in [5.41, 5.74) is 0.674. The highest BCUT2D eigenvalue weighted by Gasteiger charge is 2.10. The lowest BCUT2D eigenvalue weighted by Crippen LogP contribution is -2.25. The van der Waals surface area contributed by atoms with Gasteiger partial charge in [-0.1, -0.05) is 13.0 Å². The largest absolute Gasteiger partial charge is 0.306 e. The van der Waals surface area contributed by atoms with Gasteiger partial charge in [0.1, 0.15) is 5.69 Å². The molecule has 4 heteroatoms. The maximum Gasteiger partial charge on any atom is 0.194 e. The Balaban J connectivity index is 2.56. The summed E-state index contributed by atoms with van der Waals surface area (Å²) in [5, 5.41) is 7.09. The first kappa shape index (κ1) is 11.7. The average Bonchev–Trinajstić information content (AvgIpc) is 2.67. The molecule has 0 saturated carbocycles. The molecule has 0 unspecified atom stereocenters. The molecular formula is C11H17N3O. The summed E-state index contributed by atoms with van der Waals surface area (Å²) >= 11 is 0. The molecule has 4 nitrogen and oxygen atoms in total. The molecule has 15 heavy (non-hydrogen) atoms. The molecule has 0 aliphatic rings. The standard InChI is InChI=1S/C11H17N3O/c1-3-6-12-9-11(15)10-5-7-13-14(10)8-4-2/h3,5,7,12H,1,4,6,8-9H2,2H3. The molecule has 1 N–H and O–H groups in total. The van der Waals surface area contributed by atoms with Crippen LogP contribution in [0, 0.1) is 0 Å². The van der Waals surface area contributed by atoms with E-state index in [1.54, 1.807) is 23.0 Å². The molecule has 0 radical (unpaired) electrons. The summed E-state index contributed by atoms with van der Waals surface area (Å²) < 4.78 is 1.75. The second-order valence-corrected chi connectivity index (χ2v) is 3.28. The first-order chi connectivity index (χ1) is 7.29. The molecule has 0 spiro atoms. The molecule has 0 bridgehead atoms. The lowest BCUT2D eigenvalue weighted by molar-refractivity contribution is 0.0982. The fourth-order valence-electron chi connectivity index (χ4n) is 1.34. The van der Waals surface area contributed by atoms with Gasteiger partial charge in [-0.25, -0.2) is 0 Å². The molecular weight excluding hydrogens is 190 g/mol. The fourth-order valence-corrected chi connectivity index (χ4v) is 1.34. The van der Waals surface area contributed by atoms with Crippen molar-refractivity contribution in [3.63, 3.8) is 0 Å². The van der Waals surface area contributed by atoms with Crippen molar-refractivity contribution in [2.75, 3.05) is 13.1 Å². The van der Waals surface area contributed by atoms with Crippen LogP contribution in [0.3, 0.4) is 0 Å². The summed E-state index contributed by atoms with van der Waals surface area (Å²) in [6.07, 6.45) is 4.37. The second kappa shape index (κ2) is 6.14. The van der Waals surface area contributed by atoms with E-state index < -0.39 is 0 Å². The summed E-state index contributed by atoms with van der Waals surface area (Å²) in [7, 11) is 0. The maximum absolute atomic E-state index is 11.7. The Morgan fingerprint density at radius 1 is 1.73 bits per heavy atom. The predicted octanol–water partition coefficient (Wildman–Crippen LogP) is 1.25. The van der Waals surface area contributed by atoms with Crippen LogP contribution in [0.5, 0.6) is 0 Å². The number of ketones is 1. The highest BCUT2D eigenvalue weighted by atomic mass is 16.1.